The monoisotopic (exact) mass is 331 g/mol. The molecule has 0 aromatic heterocycles. The van der Waals surface area contributed by atoms with Crippen molar-refractivity contribution in [2.75, 3.05) is 33.4 Å². The topological polar surface area (TPSA) is 21.7 Å². The van der Waals surface area contributed by atoms with Gasteiger partial charge in [-0.2, -0.15) is 0 Å². The molecule has 1 fully saturated rings. The van der Waals surface area contributed by atoms with Gasteiger partial charge >= 0.3 is 0 Å². The van der Waals surface area contributed by atoms with Crippen molar-refractivity contribution in [1.29, 1.82) is 0 Å². The molecular weight excluding hydrogens is 310 g/mol. The van der Waals surface area contributed by atoms with E-state index >= 15 is 0 Å². The fourth-order valence-corrected chi connectivity index (χ4v) is 3.09. The summed E-state index contributed by atoms with van der Waals surface area (Å²) in [5, 5.41) is 0.765. The number of rotatable bonds is 5. The summed E-state index contributed by atoms with van der Waals surface area (Å²) in [5.74, 6) is 0.904. The molecule has 3 rings (SSSR count). The predicted molar refractivity (Wildman–Crippen MR) is 93.3 cm³/mol. The molecule has 1 aliphatic heterocycles. The number of morpholine rings is 1. The van der Waals surface area contributed by atoms with Gasteiger partial charge in [0.15, 0.2) is 0 Å². The third kappa shape index (κ3) is 4.47. The molecule has 2 aromatic rings. The van der Waals surface area contributed by atoms with Crippen LogP contribution in [-0.4, -0.2) is 38.3 Å². The Morgan fingerprint density at radius 2 is 2.04 bits per heavy atom. The Hall–Kier alpha value is -1.55. The zero-order valence-electron chi connectivity index (χ0n) is 13.4. The van der Waals surface area contributed by atoms with Crippen LogP contribution in [0.5, 0.6) is 5.75 Å². The third-order valence-electron chi connectivity index (χ3n) is 4.25. The molecule has 2 aromatic carbocycles. The fourth-order valence-electron chi connectivity index (χ4n) is 2.89. The summed E-state index contributed by atoms with van der Waals surface area (Å²) >= 11 is 6.09. The van der Waals surface area contributed by atoms with Gasteiger partial charge in [0, 0.05) is 24.7 Å². The summed E-state index contributed by atoms with van der Waals surface area (Å²) < 4.78 is 11.1. The van der Waals surface area contributed by atoms with Crippen molar-refractivity contribution in [3.05, 3.63) is 64.7 Å². The van der Waals surface area contributed by atoms with Gasteiger partial charge in [-0.1, -0.05) is 35.9 Å². The van der Waals surface area contributed by atoms with Crippen LogP contribution in [0.15, 0.2) is 48.5 Å². The first-order valence-corrected chi connectivity index (χ1v) is 8.35. The highest BCUT2D eigenvalue weighted by molar-refractivity contribution is 6.30. The molecule has 1 atom stereocenters. The molecule has 0 amide bonds. The van der Waals surface area contributed by atoms with Crippen molar-refractivity contribution in [1.82, 2.24) is 4.90 Å². The first-order chi connectivity index (χ1) is 11.2. The smallest absolute Gasteiger partial charge is 0.118 e. The zero-order valence-corrected chi connectivity index (χ0v) is 14.1. The summed E-state index contributed by atoms with van der Waals surface area (Å²) in [5.41, 5.74) is 2.49. The van der Waals surface area contributed by atoms with Gasteiger partial charge in [-0.05, 0) is 41.8 Å². The van der Waals surface area contributed by atoms with Gasteiger partial charge in [0.05, 0.1) is 19.8 Å². The Balaban J connectivity index is 1.56. The van der Waals surface area contributed by atoms with Gasteiger partial charge in [-0.25, -0.2) is 0 Å². The number of benzene rings is 2. The third-order valence-corrected chi connectivity index (χ3v) is 4.48. The highest BCUT2D eigenvalue weighted by atomic mass is 35.5. The van der Waals surface area contributed by atoms with E-state index in [1.807, 2.05) is 30.3 Å². The number of ether oxygens (including phenoxy) is 2. The average Bonchev–Trinajstić information content (AvgIpc) is 2.61. The van der Waals surface area contributed by atoms with E-state index in [-0.39, 0.29) is 6.10 Å². The van der Waals surface area contributed by atoms with Gasteiger partial charge < -0.3 is 9.47 Å². The van der Waals surface area contributed by atoms with E-state index in [4.69, 9.17) is 21.1 Å². The normalized spacial score (nSPS) is 18.8. The minimum atomic E-state index is 0.110. The van der Waals surface area contributed by atoms with Crippen LogP contribution in [0.3, 0.4) is 0 Å². The minimum absolute atomic E-state index is 0.110. The molecule has 0 bridgehead atoms. The van der Waals surface area contributed by atoms with Crippen LogP contribution >= 0.6 is 11.6 Å². The Morgan fingerprint density at radius 1 is 1.22 bits per heavy atom. The minimum Gasteiger partial charge on any atom is -0.497 e. The van der Waals surface area contributed by atoms with E-state index < -0.39 is 0 Å². The van der Waals surface area contributed by atoms with E-state index in [0.717, 1.165) is 49.0 Å². The van der Waals surface area contributed by atoms with Crippen LogP contribution in [0.25, 0.3) is 0 Å². The first kappa shape index (κ1) is 16.3. The maximum absolute atomic E-state index is 6.09. The maximum Gasteiger partial charge on any atom is 0.118 e. The maximum atomic E-state index is 6.09. The van der Waals surface area contributed by atoms with Crippen LogP contribution in [-0.2, 0) is 11.2 Å². The molecule has 0 saturated carbocycles. The van der Waals surface area contributed by atoms with Gasteiger partial charge in [-0.3, -0.25) is 4.90 Å². The molecule has 1 saturated heterocycles. The van der Waals surface area contributed by atoms with Crippen molar-refractivity contribution < 1.29 is 9.47 Å². The number of hydrogen-bond acceptors (Lipinski definition) is 3. The van der Waals surface area contributed by atoms with Crippen molar-refractivity contribution in [3.63, 3.8) is 0 Å². The van der Waals surface area contributed by atoms with Crippen LogP contribution < -0.4 is 4.74 Å². The summed E-state index contributed by atoms with van der Waals surface area (Å²) in [4.78, 5) is 2.46. The Kier molecular flexibility index (Phi) is 5.55. The number of nitrogens with zero attached hydrogens (tertiary/aromatic N) is 1. The summed E-state index contributed by atoms with van der Waals surface area (Å²) in [6.45, 7) is 3.69. The first-order valence-electron chi connectivity index (χ1n) is 7.97. The second-order valence-electron chi connectivity index (χ2n) is 5.81. The SMILES string of the molecule is COc1ccc(CCN2CCOC(c3cccc(Cl)c3)C2)cc1. The number of halogens is 1. The van der Waals surface area contributed by atoms with Crippen LogP contribution in [0.2, 0.25) is 5.02 Å². The van der Waals surface area contributed by atoms with Crippen molar-refractivity contribution >= 4 is 11.6 Å². The van der Waals surface area contributed by atoms with Crippen LogP contribution in [0, 0.1) is 0 Å². The molecule has 3 nitrogen and oxygen atoms in total. The summed E-state index contributed by atoms with van der Waals surface area (Å²) in [6, 6.07) is 16.3. The fraction of sp³-hybridized carbons (Fsp3) is 0.368. The lowest BCUT2D eigenvalue weighted by molar-refractivity contribution is -0.0295. The molecule has 122 valence electrons. The quantitative estimate of drug-likeness (QED) is 0.827. The van der Waals surface area contributed by atoms with E-state index in [1.165, 1.54) is 5.56 Å². The van der Waals surface area contributed by atoms with E-state index in [1.54, 1.807) is 7.11 Å². The lowest BCUT2D eigenvalue weighted by atomic mass is 10.1. The number of hydrogen-bond donors (Lipinski definition) is 0. The van der Waals surface area contributed by atoms with E-state index in [2.05, 4.69) is 23.1 Å². The van der Waals surface area contributed by atoms with Crippen molar-refractivity contribution in [3.8, 4) is 5.75 Å². The molecule has 1 aliphatic rings. The van der Waals surface area contributed by atoms with Gasteiger partial charge in [0.2, 0.25) is 0 Å². The van der Waals surface area contributed by atoms with Crippen LogP contribution in [0.4, 0.5) is 0 Å². The molecule has 1 unspecified atom stereocenters. The molecule has 0 N–H and O–H groups in total. The number of methoxy groups -OCH3 is 1. The molecule has 0 radical (unpaired) electrons. The lowest BCUT2D eigenvalue weighted by Crippen LogP contribution is -2.39. The zero-order chi connectivity index (χ0) is 16.1. The molecule has 0 spiro atoms. The highest BCUT2D eigenvalue weighted by Crippen LogP contribution is 2.24. The van der Waals surface area contributed by atoms with E-state index in [9.17, 15) is 0 Å². The van der Waals surface area contributed by atoms with Gasteiger partial charge in [0.1, 0.15) is 5.75 Å². The molecular formula is C19H22ClNO2. The second-order valence-corrected chi connectivity index (χ2v) is 6.25. The van der Waals surface area contributed by atoms with Crippen LogP contribution in [0.1, 0.15) is 17.2 Å². The summed E-state index contributed by atoms with van der Waals surface area (Å²) in [7, 11) is 1.69. The second kappa shape index (κ2) is 7.82. The predicted octanol–water partition coefficient (Wildman–Crippen LogP) is 3.96. The standard InChI is InChI=1S/C19H22ClNO2/c1-22-18-7-5-15(6-8-18)9-10-21-11-12-23-19(14-21)16-3-2-4-17(20)13-16/h2-8,13,19H,9-12,14H2,1H3. The van der Waals surface area contributed by atoms with E-state index in [0.29, 0.717) is 0 Å². The van der Waals surface area contributed by atoms with Crippen molar-refractivity contribution in [2.24, 2.45) is 0 Å². The molecule has 1 heterocycles. The van der Waals surface area contributed by atoms with Crippen molar-refractivity contribution in [2.45, 2.75) is 12.5 Å². The molecule has 4 heteroatoms. The highest BCUT2D eigenvalue weighted by Gasteiger charge is 2.21. The largest absolute Gasteiger partial charge is 0.497 e. The molecule has 23 heavy (non-hydrogen) atoms. The van der Waals surface area contributed by atoms with Gasteiger partial charge in [-0.15, -0.1) is 0 Å². The Bertz CT molecular complexity index is 630. The summed E-state index contributed by atoms with van der Waals surface area (Å²) in [6.07, 6.45) is 1.14. The Morgan fingerprint density at radius 3 is 2.78 bits per heavy atom. The lowest BCUT2D eigenvalue weighted by Gasteiger charge is -2.33. The van der Waals surface area contributed by atoms with Gasteiger partial charge in [0.25, 0.3) is 0 Å². The molecule has 0 aliphatic carbocycles. The Labute approximate surface area is 142 Å². The average molecular weight is 332 g/mol.